The summed E-state index contributed by atoms with van der Waals surface area (Å²) in [5, 5.41) is 20.0. The highest BCUT2D eigenvalue weighted by molar-refractivity contribution is 5.99. The van der Waals surface area contributed by atoms with E-state index >= 15 is 0 Å². The van der Waals surface area contributed by atoms with Gasteiger partial charge in [-0.15, -0.1) is 0 Å². The number of nitrogens with two attached hydrogens (primary N) is 1. The van der Waals surface area contributed by atoms with E-state index in [1.54, 1.807) is 61.2 Å². The Balaban J connectivity index is 0.000000119. The third-order valence-electron chi connectivity index (χ3n) is 19.6. The number of nitrogens with zero attached hydrogens (tertiary/aromatic N) is 11. The molecule has 5 aromatic carbocycles. The van der Waals surface area contributed by atoms with Gasteiger partial charge in [0.1, 0.15) is 11.5 Å². The van der Waals surface area contributed by atoms with Crippen molar-refractivity contribution in [2.75, 3.05) is 78.1 Å². The van der Waals surface area contributed by atoms with Crippen LogP contribution in [0.4, 0.5) is 45.5 Å². The number of H-pyrrole nitrogens is 1. The van der Waals surface area contributed by atoms with Gasteiger partial charge >= 0.3 is 0 Å². The lowest BCUT2D eigenvalue weighted by molar-refractivity contribution is 0.0946. The molecule has 0 bridgehead atoms. The SMILES string of the molecule is Cc1cc(CNC(=O)c2ccc(Nc3ccc(-c4ccc5c(c4)CNC5=O)n4ccnc34)cc2)no1.NC(=O)c1ccc(-c2ccc(Nc3ccc(N4CCN(C5CC5)CC4)cc3)c3nccn23)cc1.O=c1cc(-c2ccc(Nc3ccc(N4CCN(C5CC5)CC4)cc3)c3nccn23)cc[nH]1. The Bertz CT molecular complexity index is 5270. The highest BCUT2D eigenvalue weighted by atomic mass is 16.5. The molecule has 3 amide bonds. The minimum Gasteiger partial charge on any atom is -0.369 e. The second kappa shape index (κ2) is 28.1. The van der Waals surface area contributed by atoms with Gasteiger partial charge in [0.25, 0.3) is 11.8 Å². The highest BCUT2D eigenvalue weighted by Crippen LogP contribution is 2.35. The zero-order valence-corrected chi connectivity index (χ0v) is 56.3. The molecule has 5 aliphatic rings. The number of fused-ring (bicyclic) bond motifs is 4. The van der Waals surface area contributed by atoms with E-state index < -0.39 is 5.91 Å². The number of benzene rings is 5. The van der Waals surface area contributed by atoms with Crippen LogP contribution >= 0.6 is 0 Å². The molecule has 11 heterocycles. The van der Waals surface area contributed by atoms with Crippen LogP contribution in [0.1, 0.15) is 73.8 Å². The van der Waals surface area contributed by atoms with Gasteiger partial charge in [-0.3, -0.25) is 42.2 Å². The lowest BCUT2D eigenvalue weighted by atomic mass is 10.0. The van der Waals surface area contributed by atoms with Gasteiger partial charge in [-0.1, -0.05) is 23.4 Å². The predicted molar refractivity (Wildman–Crippen MR) is 397 cm³/mol. The highest BCUT2D eigenvalue weighted by Gasteiger charge is 2.33. The van der Waals surface area contributed by atoms with Gasteiger partial charge < -0.3 is 51.6 Å². The number of anilines is 8. The number of piperazine rings is 2. The van der Waals surface area contributed by atoms with Crippen molar-refractivity contribution in [3.63, 3.8) is 0 Å². The van der Waals surface area contributed by atoms with E-state index in [1.807, 2.05) is 113 Å². The van der Waals surface area contributed by atoms with Crippen molar-refractivity contribution < 1.29 is 18.9 Å². The summed E-state index contributed by atoms with van der Waals surface area (Å²) in [6.07, 6.45) is 18.3. The molecule has 2 saturated heterocycles. The average Bonchev–Trinajstić information content (AvgIpc) is 1.57. The van der Waals surface area contributed by atoms with Gasteiger partial charge in [0.15, 0.2) is 16.9 Å². The molecule has 2 saturated carbocycles. The molecule has 0 unspecified atom stereocenters. The Morgan fingerprint density at radius 1 is 0.520 bits per heavy atom. The van der Waals surface area contributed by atoms with Gasteiger partial charge in [-0.25, -0.2) is 15.0 Å². The lowest BCUT2D eigenvalue weighted by Gasteiger charge is -2.36. The number of pyridine rings is 4. The smallest absolute Gasteiger partial charge is 0.251 e. The Morgan fingerprint density at radius 3 is 1.44 bits per heavy atom. The number of hydrogen-bond donors (Lipinski definition) is 7. The van der Waals surface area contributed by atoms with Gasteiger partial charge in [0.2, 0.25) is 11.5 Å². The zero-order chi connectivity index (χ0) is 69.2. The fraction of sp³-hybridized carbons (Fsp3) is 0.215. The lowest BCUT2D eigenvalue weighted by Crippen LogP contribution is -2.47. The van der Waals surface area contributed by atoms with Gasteiger partial charge in [0, 0.05) is 177 Å². The first-order chi connectivity index (χ1) is 49.9. The Kier molecular flexibility index (Phi) is 17.7. The first-order valence-corrected chi connectivity index (χ1v) is 34.6. The Morgan fingerprint density at radius 2 is 0.980 bits per heavy atom. The van der Waals surface area contributed by atoms with Crippen LogP contribution < -0.4 is 47.7 Å². The number of rotatable bonds is 17. The molecule has 0 radical (unpaired) electrons. The normalized spacial score (nSPS) is 15.3. The zero-order valence-electron chi connectivity index (χ0n) is 56.3. The molecular weight excluding hydrogens is 1280 g/mol. The molecule has 3 aliphatic heterocycles. The quantitative estimate of drug-likeness (QED) is 0.0447. The summed E-state index contributed by atoms with van der Waals surface area (Å²) < 4.78 is 11.1. The fourth-order valence-electron chi connectivity index (χ4n) is 13.9. The van der Waals surface area contributed by atoms with E-state index in [0.717, 1.165) is 134 Å². The molecule has 23 nitrogen and oxygen atoms in total. The van der Waals surface area contributed by atoms with E-state index in [-0.39, 0.29) is 17.4 Å². The number of aromatic nitrogens is 8. The van der Waals surface area contributed by atoms with Crippen molar-refractivity contribution in [1.29, 1.82) is 0 Å². The molecule has 0 atom stereocenters. The van der Waals surface area contributed by atoms with E-state index in [9.17, 15) is 19.2 Å². The maximum Gasteiger partial charge on any atom is 0.251 e. The summed E-state index contributed by atoms with van der Waals surface area (Å²) >= 11 is 0. The van der Waals surface area contributed by atoms with Crippen molar-refractivity contribution in [3.05, 3.63) is 257 Å². The Labute approximate surface area is 587 Å². The van der Waals surface area contributed by atoms with Crippen molar-refractivity contribution in [2.45, 2.75) is 57.8 Å². The van der Waals surface area contributed by atoms with Crippen molar-refractivity contribution >= 4 is 80.2 Å². The van der Waals surface area contributed by atoms with E-state index in [1.165, 1.54) is 63.2 Å². The number of imidazole rings is 3. The minimum absolute atomic E-state index is 0.0302. The molecule has 512 valence electrons. The molecule has 8 aromatic heterocycles. The number of hydrogen-bond acceptors (Lipinski definition) is 16. The topological polar surface area (TPSA) is 261 Å². The summed E-state index contributed by atoms with van der Waals surface area (Å²) in [5.74, 6) is 0.0617. The molecule has 8 N–H and O–H groups in total. The van der Waals surface area contributed by atoms with Crippen LogP contribution in [0.3, 0.4) is 0 Å². The predicted octanol–water partition coefficient (Wildman–Crippen LogP) is 12.1. The van der Waals surface area contributed by atoms with Crippen molar-refractivity contribution in [1.82, 2.24) is 58.7 Å². The molecule has 2 aliphatic carbocycles. The van der Waals surface area contributed by atoms with Gasteiger partial charge in [-0.2, -0.15) is 0 Å². The second-order valence-corrected chi connectivity index (χ2v) is 26.4. The molecule has 13 aromatic rings. The molecule has 102 heavy (non-hydrogen) atoms. The average molecular weight is 1360 g/mol. The summed E-state index contributed by atoms with van der Waals surface area (Å²) in [4.78, 5) is 74.0. The summed E-state index contributed by atoms with van der Waals surface area (Å²) in [5.41, 5.74) is 25.0. The third-order valence-corrected chi connectivity index (χ3v) is 19.6. The van der Waals surface area contributed by atoms with E-state index in [0.29, 0.717) is 35.7 Å². The molecule has 4 fully saturated rings. The standard InChI is InChI=1S/C27H22N6O3.C27H28N6O.C25H26N6O/c1-16-12-21(32-36-16)15-30-26(34)17-2-5-20(6-3-17)31-23-8-9-24(33-11-10-28-25(23)33)18-4-7-22-19(13-18)14-29-27(22)35;28-26(34)20-3-1-19(2-4-20)25-12-11-24(27-29-13-14-33(25)27)30-21-5-7-22(8-6-21)31-15-17-32(18-16-31)23-9-10-23;32-24-17-18(9-10-26-24)23-8-7-22(25-27-11-12-31(23)25)28-19-1-3-20(4-2-19)29-13-15-30(16-14-29)21-5-6-21/h2-13,31H,14-15H2,1H3,(H,29,35)(H,30,34);1-8,11-14,23,30H,9-10,15-18H2,(H2,28,34);1-4,7-12,17,21,28H,5-6,13-16H2,(H,26,32). The number of aryl methyl sites for hydroxylation is 1. The maximum atomic E-state index is 12.5. The maximum absolute atomic E-state index is 12.5. The molecule has 23 heteroatoms. The summed E-state index contributed by atoms with van der Waals surface area (Å²) in [6.45, 7) is 11.7. The molecule has 18 rings (SSSR count). The van der Waals surface area contributed by atoms with E-state index in [2.05, 4.69) is 130 Å². The second-order valence-electron chi connectivity index (χ2n) is 26.4. The first kappa shape index (κ1) is 64.3. The van der Waals surface area contributed by atoms with Crippen LogP contribution in [0.5, 0.6) is 0 Å². The largest absolute Gasteiger partial charge is 0.369 e. The van der Waals surface area contributed by atoms with Crippen LogP contribution in [-0.4, -0.2) is 130 Å². The monoisotopic (exact) mass is 1360 g/mol. The Hall–Kier alpha value is -12.3. The minimum atomic E-state index is -0.426. The summed E-state index contributed by atoms with van der Waals surface area (Å²) in [7, 11) is 0. The molecular formula is C79H76N18O5. The number of nitrogens with one attached hydrogen (secondary N) is 6. The van der Waals surface area contributed by atoms with Crippen LogP contribution in [0.25, 0.3) is 50.7 Å². The van der Waals surface area contributed by atoms with Crippen LogP contribution in [0.15, 0.2) is 223 Å². The first-order valence-electron chi connectivity index (χ1n) is 34.6. The van der Waals surface area contributed by atoms with Gasteiger partial charge in [0.05, 0.1) is 40.7 Å². The number of aromatic amines is 1. The number of primary amides is 1. The van der Waals surface area contributed by atoms with E-state index in [4.69, 9.17) is 10.3 Å². The number of carbonyl (C=O) groups excluding carboxylic acids is 3. The van der Waals surface area contributed by atoms with Gasteiger partial charge in [-0.05, 0) is 189 Å². The molecule has 0 spiro atoms. The van der Waals surface area contributed by atoms with Crippen LogP contribution in [0, 0.1) is 6.92 Å². The number of amides is 3. The van der Waals surface area contributed by atoms with Crippen molar-refractivity contribution in [3.8, 4) is 33.8 Å². The van der Waals surface area contributed by atoms with Crippen molar-refractivity contribution in [2.24, 2.45) is 5.73 Å². The third kappa shape index (κ3) is 14.0. The summed E-state index contributed by atoms with van der Waals surface area (Å²) in [6, 6.07) is 56.9. The fourth-order valence-corrected chi connectivity index (χ4v) is 13.9. The van der Waals surface area contributed by atoms with Crippen LogP contribution in [-0.2, 0) is 13.1 Å². The number of carbonyl (C=O) groups is 3. The van der Waals surface area contributed by atoms with Crippen LogP contribution in [0.2, 0.25) is 0 Å².